The number of amides is 2. The maximum atomic E-state index is 13.0. The number of thioether (sulfide) groups is 1. The lowest BCUT2D eigenvalue weighted by molar-refractivity contribution is -0.136. The molecule has 28 heavy (non-hydrogen) atoms. The van der Waals surface area contributed by atoms with Crippen molar-refractivity contribution in [1.29, 1.82) is 0 Å². The Morgan fingerprint density at radius 1 is 1.32 bits per heavy atom. The van der Waals surface area contributed by atoms with Gasteiger partial charge in [-0.1, -0.05) is 11.2 Å². The monoisotopic (exact) mass is 401 g/mol. The van der Waals surface area contributed by atoms with Crippen LogP contribution in [0.25, 0.3) is 0 Å². The van der Waals surface area contributed by atoms with Crippen LogP contribution in [0.4, 0.5) is 0 Å². The molecule has 2 aliphatic rings. The molecule has 4 heterocycles. The Kier molecular flexibility index (Phi) is 5.34. The molecule has 1 spiro atoms. The first-order valence-corrected chi connectivity index (χ1v) is 10.6. The fourth-order valence-corrected chi connectivity index (χ4v) is 4.66. The summed E-state index contributed by atoms with van der Waals surface area (Å²) in [6, 6.07) is 5.74. The maximum Gasteiger partial charge on any atom is 0.236 e. The Morgan fingerprint density at radius 3 is 2.93 bits per heavy atom. The number of carbonyl (C=O) groups is 2. The number of hydrogen-bond acceptors (Lipinski definition) is 7. The van der Waals surface area contributed by atoms with Gasteiger partial charge in [0.15, 0.2) is 5.82 Å². The predicted molar refractivity (Wildman–Crippen MR) is 103 cm³/mol. The molecule has 2 aromatic rings. The third kappa shape index (κ3) is 3.89. The number of nitrogens with zero attached hydrogens (tertiary/aromatic N) is 5. The summed E-state index contributed by atoms with van der Waals surface area (Å²) in [4.78, 5) is 37.8. The number of aromatic nitrogens is 3. The van der Waals surface area contributed by atoms with Crippen LogP contribution in [0.15, 0.2) is 28.9 Å². The van der Waals surface area contributed by atoms with Gasteiger partial charge in [-0.2, -0.15) is 4.98 Å². The van der Waals surface area contributed by atoms with Crippen molar-refractivity contribution in [3.63, 3.8) is 0 Å². The van der Waals surface area contributed by atoms with Gasteiger partial charge < -0.3 is 14.3 Å². The van der Waals surface area contributed by atoms with E-state index in [1.165, 1.54) is 11.8 Å². The van der Waals surface area contributed by atoms with E-state index in [1.807, 2.05) is 28.0 Å². The molecule has 0 aliphatic carbocycles. The van der Waals surface area contributed by atoms with Crippen molar-refractivity contribution >= 4 is 23.6 Å². The number of carbonyl (C=O) groups excluding carboxylic acids is 2. The second-order valence-corrected chi connectivity index (χ2v) is 8.36. The van der Waals surface area contributed by atoms with E-state index in [0.29, 0.717) is 42.9 Å². The zero-order chi connectivity index (χ0) is 19.6. The van der Waals surface area contributed by atoms with Crippen LogP contribution in [-0.2, 0) is 21.9 Å². The summed E-state index contributed by atoms with van der Waals surface area (Å²) in [5, 5.41) is 3.74. The second-order valence-electron chi connectivity index (χ2n) is 7.37. The summed E-state index contributed by atoms with van der Waals surface area (Å²) in [5.41, 5.74) is 0.477. The van der Waals surface area contributed by atoms with Gasteiger partial charge in [-0.3, -0.25) is 14.6 Å². The minimum Gasteiger partial charge on any atom is -0.341 e. The van der Waals surface area contributed by atoms with Crippen LogP contribution in [0, 0.1) is 12.3 Å². The van der Waals surface area contributed by atoms with Crippen LogP contribution in [-0.4, -0.2) is 62.1 Å². The minimum absolute atomic E-state index is 0.0640. The first-order chi connectivity index (χ1) is 13.6. The Labute approximate surface area is 167 Å². The van der Waals surface area contributed by atoms with Gasteiger partial charge in [-0.25, -0.2) is 0 Å². The van der Waals surface area contributed by atoms with Crippen LogP contribution < -0.4 is 0 Å². The lowest BCUT2D eigenvalue weighted by Gasteiger charge is -2.23. The molecule has 2 saturated heterocycles. The van der Waals surface area contributed by atoms with Crippen LogP contribution in [0.1, 0.15) is 30.3 Å². The number of rotatable bonds is 6. The molecule has 1 unspecified atom stereocenters. The van der Waals surface area contributed by atoms with Crippen LogP contribution in [0.2, 0.25) is 0 Å². The molecule has 2 aromatic heterocycles. The average Bonchev–Trinajstić information content (AvgIpc) is 3.39. The summed E-state index contributed by atoms with van der Waals surface area (Å²) >= 11 is 1.46. The zero-order valence-electron chi connectivity index (χ0n) is 15.8. The largest absolute Gasteiger partial charge is 0.341 e. The van der Waals surface area contributed by atoms with E-state index in [-0.39, 0.29) is 11.8 Å². The van der Waals surface area contributed by atoms with E-state index in [1.54, 1.807) is 13.1 Å². The topological polar surface area (TPSA) is 92.4 Å². The first kappa shape index (κ1) is 18.9. The smallest absolute Gasteiger partial charge is 0.236 e. The summed E-state index contributed by atoms with van der Waals surface area (Å²) < 4.78 is 5.06. The highest BCUT2D eigenvalue weighted by Crippen LogP contribution is 2.41. The lowest BCUT2D eigenvalue weighted by atomic mass is 9.85. The number of hydrogen-bond donors (Lipinski definition) is 0. The van der Waals surface area contributed by atoms with Gasteiger partial charge >= 0.3 is 0 Å². The van der Waals surface area contributed by atoms with Crippen molar-refractivity contribution in [2.24, 2.45) is 5.41 Å². The molecule has 2 fully saturated rings. The van der Waals surface area contributed by atoms with Gasteiger partial charge in [0.05, 0.1) is 29.2 Å². The van der Waals surface area contributed by atoms with E-state index in [9.17, 15) is 9.59 Å². The van der Waals surface area contributed by atoms with Crippen LogP contribution in [0.3, 0.4) is 0 Å². The molecule has 1 atom stereocenters. The van der Waals surface area contributed by atoms with Gasteiger partial charge in [0.2, 0.25) is 17.7 Å². The second kappa shape index (κ2) is 7.90. The van der Waals surface area contributed by atoms with Crippen molar-refractivity contribution < 1.29 is 14.1 Å². The van der Waals surface area contributed by atoms with Crippen molar-refractivity contribution in [1.82, 2.24) is 24.9 Å². The van der Waals surface area contributed by atoms with Gasteiger partial charge in [0.25, 0.3) is 0 Å². The molecule has 8 nitrogen and oxygen atoms in total. The van der Waals surface area contributed by atoms with E-state index >= 15 is 0 Å². The molecular formula is C19H23N5O3S. The molecule has 0 bridgehead atoms. The number of likely N-dealkylation sites (tertiary alicyclic amines) is 2. The average molecular weight is 401 g/mol. The Morgan fingerprint density at radius 2 is 2.18 bits per heavy atom. The normalized spacial score (nSPS) is 21.8. The van der Waals surface area contributed by atoms with Gasteiger partial charge in [0.1, 0.15) is 0 Å². The Hall–Kier alpha value is -2.42. The van der Waals surface area contributed by atoms with Crippen molar-refractivity contribution in [2.75, 3.05) is 25.4 Å². The molecule has 2 aliphatic heterocycles. The van der Waals surface area contributed by atoms with E-state index < -0.39 is 5.41 Å². The molecule has 4 rings (SSSR count). The number of aryl methyl sites for hydroxylation is 1. The predicted octanol–water partition coefficient (Wildman–Crippen LogP) is 1.66. The van der Waals surface area contributed by atoms with Gasteiger partial charge in [-0.05, 0) is 31.9 Å². The summed E-state index contributed by atoms with van der Waals surface area (Å²) in [6.07, 6.45) is 3.29. The molecule has 0 aromatic carbocycles. The highest BCUT2D eigenvalue weighted by molar-refractivity contribution is 7.99. The van der Waals surface area contributed by atoms with E-state index in [4.69, 9.17) is 4.52 Å². The maximum absolute atomic E-state index is 13.0. The molecule has 0 saturated carbocycles. The third-order valence-corrected chi connectivity index (χ3v) is 6.31. The molecule has 0 N–H and O–H groups in total. The standard InChI is InChI=1S/C19H23N5O3S/c1-14-21-16(27-22-14)11-28-12-17(25)24-9-6-19(13-24)5-8-23(18(19)26)10-15-4-2-3-7-20-15/h2-4,7H,5-6,8-13H2,1H3. The fourth-order valence-electron chi connectivity index (χ4n) is 3.91. The highest BCUT2D eigenvalue weighted by atomic mass is 32.2. The minimum atomic E-state index is -0.418. The van der Waals surface area contributed by atoms with Crippen LogP contribution in [0.5, 0.6) is 0 Å². The van der Waals surface area contributed by atoms with E-state index in [2.05, 4.69) is 15.1 Å². The summed E-state index contributed by atoms with van der Waals surface area (Å²) in [5.74, 6) is 2.21. The fraction of sp³-hybridized carbons (Fsp3) is 0.526. The Bertz CT molecular complexity index is 858. The molecule has 148 valence electrons. The van der Waals surface area contributed by atoms with Gasteiger partial charge in [-0.15, -0.1) is 11.8 Å². The molecular weight excluding hydrogens is 378 g/mol. The highest BCUT2D eigenvalue weighted by Gasteiger charge is 2.51. The van der Waals surface area contributed by atoms with E-state index in [0.717, 1.165) is 25.1 Å². The summed E-state index contributed by atoms with van der Waals surface area (Å²) in [6.45, 7) is 4.19. The first-order valence-electron chi connectivity index (χ1n) is 9.40. The van der Waals surface area contributed by atoms with Crippen molar-refractivity contribution in [3.8, 4) is 0 Å². The van der Waals surface area contributed by atoms with Gasteiger partial charge in [0, 0.05) is 25.8 Å². The number of pyridine rings is 1. The summed E-state index contributed by atoms with van der Waals surface area (Å²) in [7, 11) is 0. The zero-order valence-corrected chi connectivity index (χ0v) is 16.7. The van der Waals surface area contributed by atoms with Crippen molar-refractivity contribution in [2.45, 2.75) is 32.1 Å². The lowest BCUT2D eigenvalue weighted by Crippen LogP contribution is -2.38. The molecule has 2 amide bonds. The molecule has 9 heteroatoms. The quantitative estimate of drug-likeness (QED) is 0.727. The third-order valence-electron chi connectivity index (χ3n) is 5.41. The molecule has 0 radical (unpaired) electrons. The SMILES string of the molecule is Cc1noc(CSCC(=O)N2CCC3(CCN(Cc4ccccn4)C3=O)C2)n1. The van der Waals surface area contributed by atoms with Crippen molar-refractivity contribution in [3.05, 3.63) is 41.8 Å². The van der Waals surface area contributed by atoms with Crippen LogP contribution >= 0.6 is 11.8 Å². The Balaban J connectivity index is 1.29.